The molecule has 1 heterocycles. The van der Waals surface area contributed by atoms with E-state index in [-0.39, 0.29) is 17.9 Å². The van der Waals surface area contributed by atoms with Crippen LogP contribution in [0.25, 0.3) is 0 Å². The highest BCUT2D eigenvalue weighted by Gasteiger charge is 2.45. The summed E-state index contributed by atoms with van der Waals surface area (Å²) >= 11 is 0. The molecule has 25 heavy (non-hydrogen) atoms. The Morgan fingerprint density at radius 1 is 1.04 bits per heavy atom. The van der Waals surface area contributed by atoms with E-state index in [2.05, 4.69) is 59.7 Å². The molecule has 0 bridgehead atoms. The summed E-state index contributed by atoms with van der Waals surface area (Å²) in [5, 5.41) is 19.1. The summed E-state index contributed by atoms with van der Waals surface area (Å²) in [5.41, 5.74) is 6.15. The summed E-state index contributed by atoms with van der Waals surface area (Å²) in [4.78, 5) is 2.13. The van der Waals surface area contributed by atoms with Crippen molar-refractivity contribution in [1.82, 2.24) is 9.47 Å². The molecule has 0 spiro atoms. The van der Waals surface area contributed by atoms with Gasteiger partial charge in [-0.25, -0.2) is 0 Å². The van der Waals surface area contributed by atoms with Crippen LogP contribution in [0.1, 0.15) is 46.5 Å². The summed E-state index contributed by atoms with van der Waals surface area (Å²) in [7, 11) is 4.05. The van der Waals surface area contributed by atoms with E-state index in [4.69, 9.17) is 0 Å². The van der Waals surface area contributed by atoms with Gasteiger partial charge in [0.15, 0.2) is 0 Å². The maximum Gasteiger partial charge on any atom is 0.0740 e. The first kappa shape index (κ1) is 17.3. The zero-order chi connectivity index (χ0) is 18.1. The molecule has 1 aliphatic carbocycles. The van der Waals surface area contributed by atoms with Crippen LogP contribution >= 0.6 is 0 Å². The number of nitrogens with zero attached hydrogens (tertiary/aromatic N) is 4. The third kappa shape index (κ3) is 2.73. The van der Waals surface area contributed by atoms with Crippen molar-refractivity contribution in [3.8, 4) is 12.1 Å². The molecular formula is C21H24N4. The van der Waals surface area contributed by atoms with Crippen molar-refractivity contribution in [2.45, 2.75) is 38.8 Å². The third-order valence-corrected chi connectivity index (χ3v) is 5.52. The summed E-state index contributed by atoms with van der Waals surface area (Å²) in [5.74, 6) is -0.170. The molecule has 0 N–H and O–H groups in total. The molecule has 128 valence electrons. The minimum absolute atomic E-state index is 0.00637. The first-order chi connectivity index (χ1) is 12.0. The lowest BCUT2D eigenvalue weighted by Crippen LogP contribution is -2.26. The Morgan fingerprint density at radius 2 is 1.68 bits per heavy atom. The van der Waals surface area contributed by atoms with E-state index >= 15 is 0 Å². The third-order valence-electron chi connectivity index (χ3n) is 5.52. The first-order valence-corrected chi connectivity index (χ1v) is 8.67. The average Bonchev–Trinajstić information content (AvgIpc) is 3.05. The SMILES string of the molecule is Cc1c2c(c(C)n1Cc1ccccc1)C(N(C)C)C(C#N)C2CC#N. The molecule has 0 saturated heterocycles. The van der Waals surface area contributed by atoms with Crippen molar-refractivity contribution in [2.24, 2.45) is 5.92 Å². The summed E-state index contributed by atoms with van der Waals surface area (Å²) < 4.78 is 2.34. The molecule has 1 aromatic carbocycles. The lowest BCUT2D eigenvalue weighted by atomic mass is 9.88. The number of hydrogen-bond donors (Lipinski definition) is 0. The van der Waals surface area contributed by atoms with Gasteiger partial charge in [0, 0.05) is 30.3 Å². The van der Waals surface area contributed by atoms with Gasteiger partial charge in [0.05, 0.1) is 24.1 Å². The molecule has 1 aliphatic rings. The largest absolute Gasteiger partial charge is 0.344 e. The molecular weight excluding hydrogens is 308 g/mol. The van der Waals surface area contributed by atoms with Crippen LogP contribution in [-0.4, -0.2) is 23.6 Å². The van der Waals surface area contributed by atoms with Crippen LogP contribution in [0.3, 0.4) is 0 Å². The van der Waals surface area contributed by atoms with Crippen molar-refractivity contribution in [3.05, 3.63) is 58.4 Å². The van der Waals surface area contributed by atoms with Crippen LogP contribution in [-0.2, 0) is 6.54 Å². The lowest BCUT2D eigenvalue weighted by Gasteiger charge is -2.26. The standard InChI is InChI=1S/C21H24N4/c1-14-19-17(10-11-22)18(12-23)21(24(3)4)20(19)15(2)25(14)13-16-8-6-5-7-9-16/h5-9,17-18,21H,10,13H2,1-4H3. The fraction of sp³-hybridized carbons (Fsp3) is 0.429. The number of hydrogen-bond acceptors (Lipinski definition) is 3. The van der Waals surface area contributed by atoms with E-state index in [1.54, 1.807) is 0 Å². The van der Waals surface area contributed by atoms with Crippen molar-refractivity contribution >= 4 is 0 Å². The zero-order valence-electron chi connectivity index (χ0n) is 15.3. The lowest BCUT2D eigenvalue weighted by molar-refractivity contribution is 0.244. The van der Waals surface area contributed by atoms with Gasteiger partial charge < -0.3 is 9.47 Å². The zero-order valence-corrected chi connectivity index (χ0v) is 15.3. The first-order valence-electron chi connectivity index (χ1n) is 8.67. The maximum absolute atomic E-state index is 9.77. The highest BCUT2D eigenvalue weighted by molar-refractivity contribution is 5.50. The van der Waals surface area contributed by atoms with Gasteiger partial charge >= 0.3 is 0 Å². The van der Waals surface area contributed by atoms with E-state index < -0.39 is 0 Å². The smallest absolute Gasteiger partial charge is 0.0740 e. The van der Waals surface area contributed by atoms with Gasteiger partial charge in [0.2, 0.25) is 0 Å². The predicted molar refractivity (Wildman–Crippen MR) is 98.0 cm³/mol. The molecule has 0 radical (unpaired) electrons. The maximum atomic E-state index is 9.77. The Labute approximate surface area is 149 Å². The number of aromatic nitrogens is 1. The molecule has 0 saturated carbocycles. The predicted octanol–water partition coefficient (Wildman–Crippen LogP) is 3.91. The van der Waals surface area contributed by atoms with Crippen LogP contribution in [0.15, 0.2) is 30.3 Å². The fourth-order valence-electron chi connectivity index (χ4n) is 4.42. The molecule has 1 aromatic heterocycles. The molecule has 2 aromatic rings. The van der Waals surface area contributed by atoms with E-state index in [0.29, 0.717) is 6.42 Å². The molecule has 3 atom stereocenters. The molecule has 4 nitrogen and oxygen atoms in total. The van der Waals surface area contributed by atoms with E-state index in [0.717, 1.165) is 6.54 Å². The Kier molecular flexibility index (Phi) is 4.66. The Morgan fingerprint density at radius 3 is 2.24 bits per heavy atom. The van der Waals surface area contributed by atoms with Crippen LogP contribution in [0.4, 0.5) is 0 Å². The molecule has 0 fully saturated rings. The summed E-state index contributed by atoms with van der Waals surface area (Å²) in [6, 6.07) is 15.3. The summed E-state index contributed by atoms with van der Waals surface area (Å²) in [6.07, 6.45) is 0.394. The highest BCUT2D eigenvalue weighted by Crippen LogP contribution is 2.52. The van der Waals surface area contributed by atoms with Crippen LogP contribution in [0, 0.1) is 42.4 Å². The van der Waals surface area contributed by atoms with Crippen molar-refractivity contribution < 1.29 is 0 Å². The molecule has 3 unspecified atom stereocenters. The number of benzene rings is 1. The van der Waals surface area contributed by atoms with Crippen LogP contribution in [0.5, 0.6) is 0 Å². The second kappa shape index (κ2) is 6.75. The molecule has 4 heteroatoms. The van der Waals surface area contributed by atoms with Gasteiger partial charge in [-0.2, -0.15) is 10.5 Å². The Hall–Kier alpha value is -2.56. The number of rotatable bonds is 4. The minimum Gasteiger partial charge on any atom is -0.344 e. The monoisotopic (exact) mass is 332 g/mol. The van der Waals surface area contributed by atoms with Crippen molar-refractivity contribution in [1.29, 1.82) is 10.5 Å². The number of fused-ring (bicyclic) bond motifs is 1. The van der Waals surface area contributed by atoms with E-state index in [9.17, 15) is 10.5 Å². The fourth-order valence-corrected chi connectivity index (χ4v) is 4.42. The van der Waals surface area contributed by atoms with Gasteiger partial charge in [-0.05, 0) is 44.6 Å². The summed E-state index contributed by atoms with van der Waals surface area (Å²) in [6.45, 7) is 5.10. The topological polar surface area (TPSA) is 55.8 Å². The molecule has 3 rings (SSSR count). The minimum atomic E-state index is -0.163. The van der Waals surface area contributed by atoms with Crippen molar-refractivity contribution in [2.75, 3.05) is 14.1 Å². The quantitative estimate of drug-likeness (QED) is 0.853. The van der Waals surface area contributed by atoms with Crippen LogP contribution in [0.2, 0.25) is 0 Å². The van der Waals surface area contributed by atoms with E-state index in [1.807, 2.05) is 20.2 Å². The highest BCUT2D eigenvalue weighted by atomic mass is 15.1. The second-order valence-electron chi connectivity index (χ2n) is 7.10. The Bertz CT molecular complexity index is 849. The van der Waals surface area contributed by atoms with Gasteiger partial charge in [-0.15, -0.1) is 0 Å². The van der Waals surface area contributed by atoms with E-state index in [1.165, 1.54) is 28.1 Å². The number of nitriles is 2. The Balaban J connectivity index is 2.14. The van der Waals surface area contributed by atoms with Gasteiger partial charge in [-0.3, -0.25) is 0 Å². The van der Waals surface area contributed by atoms with Gasteiger partial charge in [0.1, 0.15) is 0 Å². The molecule has 0 amide bonds. The normalized spacial score (nSPS) is 21.8. The van der Waals surface area contributed by atoms with Crippen molar-refractivity contribution in [3.63, 3.8) is 0 Å². The average molecular weight is 332 g/mol. The van der Waals surface area contributed by atoms with Crippen LogP contribution < -0.4 is 0 Å². The van der Waals surface area contributed by atoms with Gasteiger partial charge in [0.25, 0.3) is 0 Å². The second-order valence-corrected chi connectivity index (χ2v) is 7.10. The van der Waals surface area contributed by atoms with Gasteiger partial charge in [-0.1, -0.05) is 30.3 Å². The molecule has 0 aliphatic heterocycles.